The number of hydrogen-bond acceptors (Lipinski definition) is 3. The Labute approximate surface area is 217 Å². The average Bonchev–Trinajstić information content (AvgIpc) is 3.24. The van der Waals surface area contributed by atoms with Gasteiger partial charge >= 0.3 is 12.1 Å². The molecule has 196 valence electrons. The number of fused-ring (bicyclic) bond motifs is 1. The van der Waals surface area contributed by atoms with E-state index < -0.39 is 29.5 Å². The molecule has 0 radical (unpaired) electrons. The molecule has 3 aromatic carbocycles. The van der Waals surface area contributed by atoms with Crippen LogP contribution < -0.4 is 5.32 Å². The van der Waals surface area contributed by atoms with Crippen LogP contribution in [0.25, 0.3) is 11.1 Å². The SMILES string of the molecule is O=C(Nc1ccc(-c2ccc3c(c2)C(=O)N(C2CCCC(C(=O)O)C2)C3)cc1)c1ccc(C(F)(F)F)cc1. The Hall–Kier alpha value is -4.14. The van der Waals surface area contributed by atoms with E-state index in [1.165, 1.54) is 0 Å². The van der Waals surface area contributed by atoms with Crippen LogP contribution in [-0.4, -0.2) is 33.8 Å². The van der Waals surface area contributed by atoms with Crippen LogP contribution in [0.4, 0.5) is 18.9 Å². The van der Waals surface area contributed by atoms with Crippen LogP contribution in [0.5, 0.6) is 0 Å². The molecule has 2 N–H and O–H groups in total. The molecule has 0 aromatic heterocycles. The van der Waals surface area contributed by atoms with E-state index in [1.54, 1.807) is 29.2 Å². The highest BCUT2D eigenvalue weighted by Gasteiger charge is 2.37. The number of halogens is 3. The molecule has 9 heteroatoms. The zero-order valence-electron chi connectivity index (χ0n) is 20.3. The summed E-state index contributed by atoms with van der Waals surface area (Å²) in [7, 11) is 0. The van der Waals surface area contributed by atoms with E-state index >= 15 is 0 Å². The van der Waals surface area contributed by atoms with Crippen LogP contribution in [0, 0.1) is 5.92 Å². The van der Waals surface area contributed by atoms with E-state index in [4.69, 9.17) is 0 Å². The van der Waals surface area contributed by atoms with E-state index in [0.29, 0.717) is 30.6 Å². The first-order valence-electron chi connectivity index (χ1n) is 12.4. The van der Waals surface area contributed by atoms with E-state index in [2.05, 4.69) is 5.32 Å². The lowest BCUT2D eigenvalue weighted by atomic mass is 9.85. The number of aliphatic carboxylic acids is 1. The molecule has 5 rings (SSSR count). The fraction of sp³-hybridized carbons (Fsp3) is 0.276. The maximum Gasteiger partial charge on any atom is 0.416 e. The Kier molecular flexibility index (Phi) is 6.69. The Morgan fingerprint density at radius 3 is 2.26 bits per heavy atom. The topological polar surface area (TPSA) is 86.7 Å². The van der Waals surface area contributed by atoms with Gasteiger partial charge in [0.15, 0.2) is 0 Å². The number of carbonyl (C=O) groups is 3. The van der Waals surface area contributed by atoms with E-state index in [1.807, 2.05) is 18.2 Å². The van der Waals surface area contributed by atoms with Gasteiger partial charge in [-0.15, -0.1) is 0 Å². The van der Waals surface area contributed by atoms with Crippen LogP contribution in [-0.2, 0) is 17.5 Å². The number of alkyl halides is 3. The Balaban J connectivity index is 1.26. The second-order valence-electron chi connectivity index (χ2n) is 9.77. The van der Waals surface area contributed by atoms with Gasteiger partial charge in [-0.2, -0.15) is 13.2 Å². The third-order valence-electron chi connectivity index (χ3n) is 7.33. The maximum atomic E-state index is 13.2. The molecule has 1 aliphatic heterocycles. The molecule has 0 saturated heterocycles. The quantitative estimate of drug-likeness (QED) is 0.416. The van der Waals surface area contributed by atoms with E-state index in [9.17, 15) is 32.7 Å². The number of anilines is 1. The summed E-state index contributed by atoms with van der Waals surface area (Å²) in [5.41, 5.74) is 2.94. The van der Waals surface area contributed by atoms with Crippen molar-refractivity contribution in [3.05, 3.63) is 89.0 Å². The van der Waals surface area contributed by atoms with Gasteiger partial charge in [0.2, 0.25) is 0 Å². The number of amides is 2. The van der Waals surface area contributed by atoms with Gasteiger partial charge in [0, 0.05) is 29.4 Å². The molecule has 6 nitrogen and oxygen atoms in total. The smallest absolute Gasteiger partial charge is 0.416 e. The number of rotatable bonds is 5. The zero-order chi connectivity index (χ0) is 27.0. The first-order chi connectivity index (χ1) is 18.1. The molecule has 1 aliphatic carbocycles. The lowest BCUT2D eigenvalue weighted by Gasteiger charge is -2.33. The monoisotopic (exact) mass is 522 g/mol. The highest BCUT2D eigenvalue weighted by atomic mass is 19.4. The predicted octanol–water partition coefficient (Wildman–Crippen LogP) is 6.22. The lowest BCUT2D eigenvalue weighted by molar-refractivity contribution is -0.143. The van der Waals surface area contributed by atoms with Crippen molar-refractivity contribution in [2.75, 3.05) is 5.32 Å². The molecule has 0 bridgehead atoms. The predicted molar refractivity (Wildman–Crippen MR) is 135 cm³/mol. The summed E-state index contributed by atoms with van der Waals surface area (Å²) in [5, 5.41) is 12.1. The fourth-order valence-electron chi connectivity index (χ4n) is 5.23. The van der Waals surface area contributed by atoms with Crippen LogP contribution >= 0.6 is 0 Å². The van der Waals surface area contributed by atoms with Gasteiger partial charge in [0.05, 0.1) is 11.5 Å². The van der Waals surface area contributed by atoms with Crippen molar-refractivity contribution in [1.82, 2.24) is 4.90 Å². The zero-order valence-corrected chi connectivity index (χ0v) is 20.3. The summed E-state index contributed by atoms with van der Waals surface area (Å²) in [4.78, 5) is 38.9. The number of hydrogen-bond donors (Lipinski definition) is 2. The molecule has 0 spiro atoms. The number of carboxylic acid groups (broad SMARTS) is 1. The second-order valence-corrected chi connectivity index (χ2v) is 9.77. The first kappa shape index (κ1) is 25.5. The minimum absolute atomic E-state index is 0.0826. The Morgan fingerprint density at radius 2 is 1.61 bits per heavy atom. The van der Waals surface area contributed by atoms with Crippen LogP contribution in [0.15, 0.2) is 66.7 Å². The van der Waals surface area contributed by atoms with Crippen LogP contribution in [0.3, 0.4) is 0 Å². The summed E-state index contributed by atoms with van der Waals surface area (Å²) in [6.45, 7) is 0.473. The van der Waals surface area contributed by atoms with Crippen molar-refractivity contribution in [3.8, 4) is 11.1 Å². The van der Waals surface area contributed by atoms with Gasteiger partial charge in [0.25, 0.3) is 11.8 Å². The minimum atomic E-state index is -4.47. The van der Waals surface area contributed by atoms with Crippen molar-refractivity contribution in [2.45, 2.75) is 44.4 Å². The minimum Gasteiger partial charge on any atom is -0.481 e. The van der Waals surface area contributed by atoms with Crippen molar-refractivity contribution in [2.24, 2.45) is 5.92 Å². The molecule has 2 unspecified atom stereocenters. The average molecular weight is 523 g/mol. The standard InChI is InChI=1S/C29H25F3N2O4/c30-29(31,32)22-10-6-18(7-11-22)26(35)33-23-12-8-17(9-13-23)19-4-5-21-16-34(27(36)25(21)15-19)24-3-1-2-20(14-24)28(37)38/h4-13,15,20,24H,1-3,14,16H2,(H,33,35)(H,37,38). The second kappa shape index (κ2) is 9.96. The van der Waals surface area contributed by atoms with Gasteiger partial charge in [0.1, 0.15) is 0 Å². The number of nitrogens with one attached hydrogen (secondary N) is 1. The van der Waals surface area contributed by atoms with Crippen molar-refractivity contribution in [1.29, 1.82) is 0 Å². The molecule has 2 aliphatic rings. The summed E-state index contributed by atoms with van der Waals surface area (Å²) in [6.07, 6.45) is -1.76. The largest absolute Gasteiger partial charge is 0.481 e. The molecule has 38 heavy (non-hydrogen) atoms. The Bertz CT molecular complexity index is 1380. The van der Waals surface area contributed by atoms with Crippen molar-refractivity contribution in [3.63, 3.8) is 0 Å². The van der Waals surface area contributed by atoms with Gasteiger partial charge in [-0.3, -0.25) is 14.4 Å². The number of carbonyl (C=O) groups excluding carboxylic acids is 2. The Morgan fingerprint density at radius 1 is 0.921 bits per heavy atom. The third kappa shape index (κ3) is 5.14. The summed E-state index contributed by atoms with van der Waals surface area (Å²) >= 11 is 0. The maximum absolute atomic E-state index is 13.2. The van der Waals surface area contributed by atoms with Gasteiger partial charge in [-0.1, -0.05) is 30.7 Å². The number of nitrogens with zero attached hydrogens (tertiary/aromatic N) is 1. The lowest BCUT2D eigenvalue weighted by Crippen LogP contribution is -2.40. The highest BCUT2D eigenvalue weighted by Crippen LogP contribution is 2.35. The summed E-state index contributed by atoms with van der Waals surface area (Å²) in [5.74, 6) is -1.83. The molecule has 2 amide bonds. The van der Waals surface area contributed by atoms with Crippen LogP contribution in [0.2, 0.25) is 0 Å². The van der Waals surface area contributed by atoms with Gasteiger partial charge in [-0.05, 0) is 78.4 Å². The molecular weight excluding hydrogens is 497 g/mol. The normalized spacial score (nSPS) is 19.2. The third-order valence-corrected chi connectivity index (χ3v) is 7.33. The van der Waals surface area contributed by atoms with Crippen LogP contribution in [0.1, 0.15) is 57.5 Å². The van der Waals surface area contributed by atoms with Crippen molar-refractivity contribution >= 4 is 23.5 Å². The van der Waals surface area contributed by atoms with E-state index in [-0.39, 0.29) is 17.5 Å². The highest BCUT2D eigenvalue weighted by molar-refractivity contribution is 6.04. The number of carboxylic acids is 1. The molecule has 1 heterocycles. The van der Waals surface area contributed by atoms with Crippen molar-refractivity contribution < 1.29 is 32.7 Å². The number of benzene rings is 3. The summed E-state index contributed by atoms with van der Waals surface area (Å²) in [6, 6.07) is 16.6. The molecule has 1 fully saturated rings. The van der Waals surface area contributed by atoms with Gasteiger partial charge in [-0.25, -0.2) is 0 Å². The first-order valence-corrected chi connectivity index (χ1v) is 12.4. The molecule has 1 saturated carbocycles. The van der Waals surface area contributed by atoms with Gasteiger partial charge < -0.3 is 15.3 Å². The molecular formula is C29H25F3N2O4. The summed E-state index contributed by atoms with van der Waals surface area (Å²) < 4.78 is 38.2. The molecule has 2 atom stereocenters. The molecule has 3 aromatic rings. The fourth-order valence-corrected chi connectivity index (χ4v) is 5.23. The van der Waals surface area contributed by atoms with E-state index in [0.717, 1.165) is 53.8 Å².